The highest BCUT2D eigenvalue weighted by Crippen LogP contribution is 2.52. The summed E-state index contributed by atoms with van der Waals surface area (Å²) in [6.45, 7) is 10.5. The molecule has 5 rings (SSSR count). The maximum Gasteiger partial charge on any atom is 0.230 e. The summed E-state index contributed by atoms with van der Waals surface area (Å²) < 4.78 is 6.22. The molecule has 5 heterocycles. The molecule has 3 saturated heterocycles. The zero-order valence-electron chi connectivity index (χ0n) is 17.2. The minimum atomic E-state index is -0.601. The van der Waals surface area contributed by atoms with Gasteiger partial charge in [-0.2, -0.15) is 0 Å². The lowest BCUT2D eigenvalue weighted by atomic mass is 9.76. The number of fused-ring (bicyclic) bond motifs is 1. The number of rotatable bonds is 4. The van der Waals surface area contributed by atoms with Gasteiger partial charge in [-0.3, -0.25) is 14.5 Å². The number of amides is 2. The van der Waals surface area contributed by atoms with Gasteiger partial charge in [0, 0.05) is 44.1 Å². The van der Waals surface area contributed by atoms with Crippen molar-refractivity contribution in [1.29, 1.82) is 0 Å². The first kappa shape index (κ1) is 19.2. The van der Waals surface area contributed by atoms with Crippen LogP contribution in [0.1, 0.15) is 24.5 Å². The highest BCUT2D eigenvalue weighted by molar-refractivity contribution is 7.09. The van der Waals surface area contributed by atoms with E-state index in [4.69, 9.17) is 4.74 Å². The van der Waals surface area contributed by atoms with Crippen molar-refractivity contribution in [2.75, 3.05) is 32.7 Å². The van der Waals surface area contributed by atoms with E-state index in [1.165, 1.54) is 0 Å². The molecule has 1 aromatic rings. The predicted molar refractivity (Wildman–Crippen MR) is 109 cm³/mol. The molecule has 0 N–H and O–H groups in total. The van der Waals surface area contributed by atoms with Gasteiger partial charge in [0.1, 0.15) is 5.60 Å². The quantitative estimate of drug-likeness (QED) is 0.692. The van der Waals surface area contributed by atoms with Crippen molar-refractivity contribution in [3.63, 3.8) is 0 Å². The number of likely N-dealkylation sites (tertiary alicyclic amines) is 1. The van der Waals surface area contributed by atoms with Gasteiger partial charge in [-0.25, -0.2) is 4.98 Å². The van der Waals surface area contributed by atoms with Gasteiger partial charge in [-0.05, 0) is 20.8 Å². The first-order valence-corrected chi connectivity index (χ1v) is 11.4. The predicted octanol–water partition coefficient (Wildman–Crippen LogP) is 1.29. The molecule has 7 nitrogen and oxygen atoms in total. The van der Waals surface area contributed by atoms with Crippen LogP contribution in [0.25, 0.3) is 0 Å². The average molecular weight is 417 g/mol. The number of piperazine rings is 1. The summed E-state index contributed by atoms with van der Waals surface area (Å²) in [5.41, 5.74) is 0.502. The summed E-state index contributed by atoms with van der Waals surface area (Å²) in [6.07, 6.45) is 3.76. The minimum absolute atomic E-state index is 0.0720. The van der Waals surface area contributed by atoms with Gasteiger partial charge in [0.15, 0.2) is 0 Å². The number of hydrogen-bond donors (Lipinski definition) is 0. The van der Waals surface area contributed by atoms with Crippen LogP contribution in [0.3, 0.4) is 0 Å². The monoisotopic (exact) mass is 416 g/mol. The van der Waals surface area contributed by atoms with Gasteiger partial charge >= 0.3 is 0 Å². The molecule has 4 aliphatic rings. The molecule has 1 aromatic heterocycles. The fraction of sp³-hybridized carbons (Fsp3) is 0.667. The van der Waals surface area contributed by atoms with Crippen molar-refractivity contribution in [1.82, 2.24) is 19.7 Å². The van der Waals surface area contributed by atoms with Crippen LogP contribution in [-0.4, -0.2) is 82.0 Å². The van der Waals surface area contributed by atoms with E-state index in [1.54, 1.807) is 11.3 Å². The zero-order chi connectivity index (χ0) is 20.3. The Balaban J connectivity index is 1.26. The maximum atomic E-state index is 13.4. The molecule has 4 aliphatic heterocycles. The van der Waals surface area contributed by atoms with Crippen LogP contribution >= 0.6 is 11.3 Å². The van der Waals surface area contributed by atoms with Crippen molar-refractivity contribution in [3.8, 4) is 0 Å². The van der Waals surface area contributed by atoms with Crippen molar-refractivity contribution in [2.45, 2.75) is 45.1 Å². The van der Waals surface area contributed by atoms with E-state index in [9.17, 15) is 9.59 Å². The number of hydrogen-bond acceptors (Lipinski definition) is 6. The average Bonchev–Trinajstić information content (AvgIpc) is 3.43. The lowest BCUT2D eigenvalue weighted by Gasteiger charge is -2.37. The standard InChI is InChI=1S/C21H28N4O3S/c1-13(2)25-12-21-5-4-16(28-21)17(18(21)20(25)27)19(26)24-8-6-23(7-9-24)10-15-11-29-14(3)22-15/h4-5,11,13,16-18H,6-10,12H2,1-3H3/t16-,17-,18+,21+/m1/s1. The second-order valence-corrected chi connectivity index (χ2v) is 9.98. The molecular formula is C21H28N4O3S. The number of aromatic nitrogens is 1. The second-order valence-electron chi connectivity index (χ2n) is 8.92. The Bertz CT molecular complexity index is 860. The van der Waals surface area contributed by atoms with E-state index in [0.29, 0.717) is 19.6 Å². The molecule has 0 aliphatic carbocycles. The third kappa shape index (κ3) is 3.04. The van der Waals surface area contributed by atoms with Crippen LogP contribution in [-0.2, 0) is 20.9 Å². The Morgan fingerprint density at radius 1 is 1.34 bits per heavy atom. The van der Waals surface area contributed by atoms with Crippen LogP contribution in [0.4, 0.5) is 0 Å². The van der Waals surface area contributed by atoms with Crippen LogP contribution in [0.2, 0.25) is 0 Å². The van der Waals surface area contributed by atoms with Gasteiger partial charge in [0.05, 0.1) is 35.2 Å². The molecule has 0 radical (unpaired) electrons. The van der Waals surface area contributed by atoms with Crippen LogP contribution in [0.5, 0.6) is 0 Å². The molecule has 29 heavy (non-hydrogen) atoms. The SMILES string of the molecule is Cc1nc(CN2CCN(C(=O)[C@H]3[C@H]4C(=O)N(C(C)C)C[C@@]45C=C[C@H]3O5)CC2)cs1. The lowest BCUT2D eigenvalue weighted by molar-refractivity contribution is -0.145. The Morgan fingerprint density at radius 3 is 2.76 bits per heavy atom. The Hall–Kier alpha value is -1.77. The lowest BCUT2D eigenvalue weighted by Crippen LogP contribution is -2.53. The number of thiazole rings is 1. The molecule has 0 saturated carbocycles. The minimum Gasteiger partial charge on any atom is -0.360 e. The van der Waals surface area contributed by atoms with Gasteiger partial charge in [-0.1, -0.05) is 12.2 Å². The van der Waals surface area contributed by atoms with Gasteiger partial charge in [-0.15, -0.1) is 11.3 Å². The summed E-state index contributed by atoms with van der Waals surface area (Å²) >= 11 is 1.67. The molecule has 156 valence electrons. The van der Waals surface area contributed by atoms with Gasteiger partial charge in [0.2, 0.25) is 11.8 Å². The third-order valence-electron chi connectivity index (χ3n) is 6.77. The highest BCUT2D eigenvalue weighted by atomic mass is 32.1. The smallest absolute Gasteiger partial charge is 0.230 e. The first-order valence-electron chi connectivity index (χ1n) is 10.5. The molecule has 1 spiro atoms. The van der Waals surface area contributed by atoms with Crippen molar-refractivity contribution in [3.05, 3.63) is 28.2 Å². The second kappa shape index (κ2) is 6.89. The molecule has 0 aromatic carbocycles. The Morgan fingerprint density at radius 2 is 2.10 bits per heavy atom. The highest BCUT2D eigenvalue weighted by Gasteiger charge is 2.67. The largest absolute Gasteiger partial charge is 0.360 e. The van der Waals surface area contributed by atoms with Crippen molar-refractivity contribution in [2.24, 2.45) is 11.8 Å². The van der Waals surface area contributed by atoms with Gasteiger partial charge in [0.25, 0.3) is 0 Å². The van der Waals surface area contributed by atoms with Gasteiger partial charge < -0.3 is 14.5 Å². The van der Waals surface area contributed by atoms with Crippen LogP contribution < -0.4 is 0 Å². The number of ether oxygens (including phenoxy) is 1. The maximum absolute atomic E-state index is 13.4. The topological polar surface area (TPSA) is 66.0 Å². The summed E-state index contributed by atoms with van der Waals surface area (Å²) in [5, 5.41) is 3.20. The fourth-order valence-electron chi connectivity index (χ4n) is 5.29. The molecule has 2 bridgehead atoms. The fourth-order valence-corrected chi connectivity index (χ4v) is 5.90. The number of aryl methyl sites for hydroxylation is 1. The van der Waals surface area contributed by atoms with E-state index < -0.39 is 5.60 Å². The Kier molecular flexibility index (Phi) is 4.56. The molecule has 3 fully saturated rings. The third-order valence-corrected chi connectivity index (χ3v) is 7.60. The number of carbonyl (C=O) groups excluding carboxylic acids is 2. The molecule has 8 heteroatoms. The van der Waals surface area contributed by atoms with Crippen molar-refractivity contribution >= 4 is 23.2 Å². The molecule has 4 atom stereocenters. The normalized spacial score (nSPS) is 33.9. The number of nitrogens with zero attached hydrogens (tertiary/aromatic N) is 4. The number of carbonyl (C=O) groups is 2. The summed E-state index contributed by atoms with van der Waals surface area (Å²) in [7, 11) is 0. The van der Waals surface area contributed by atoms with E-state index in [2.05, 4.69) is 15.3 Å². The van der Waals surface area contributed by atoms with E-state index >= 15 is 0 Å². The van der Waals surface area contributed by atoms with Crippen LogP contribution in [0.15, 0.2) is 17.5 Å². The first-order chi connectivity index (χ1) is 13.9. The van der Waals surface area contributed by atoms with Crippen LogP contribution in [0, 0.1) is 18.8 Å². The summed E-state index contributed by atoms with van der Waals surface area (Å²) in [6, 6.07) is 0.118. The molecule has 2 amide bonds. The summed E-state index contributed by atoms with van der Waals surface area (Å²) in [4.78, 5) is 37.2. The summed E-state index contributed by atoms with van der Waals surface area (Å²) in [5.74, 6) is -0.607. The molecule has 0 unspecified atom stereocenters. The zero-order valence-corrected chi connectivity index (χ0v) is 18.0. The van der Waals surface area contributed by atoms with E-state index in [-0.39, 0.29) is 35.8 Å². The van der Waals surface area contributed by atoms with Crippen molar-refractivity contribution < 1.29 is 14.3 Å². The van der Waals surface area contributed by atoms with E-state index in [0.717, 1.165) is 30.3 Å². The Labute approximate surface area is 175 Å². The molecular weight excluding hydrogens is 388 g/mol. The van der Waals surface area contributed by atoms with E-state index in [1.807, 2.05) is 42.7 Å².